The molecule has 0 bridgehead atoms. The minimum absolute atomic E-state index is 0.0281. The summed E-state index contributed by atoms with van der Waals surface area (Å²) in [5.74, 6) is 0.661. The van der Waals surface area contributed by atoms with Crippen molar-refractivity contribution in [1.82, 2.24) is 9.55 Å². The average molecular weight is 425 g/mol. The first-order valence-electron chi connectivity index (χ1n) is 9.64. The van der Waals surface area contributed by atoms with Crippen molar-refractivity contribution in [2.45, 2.75) is 36.6 Å². The molecule has 1 aromatic heterocycles. The molecule has 2 aromatic carbocycles. The molecule has 0 spiro atoms. The van der Waals surface area contributed by atoms with Crippen molar-refractivity contribution >= 4 is 29.1 Å². The summed E-state index contributed by atoms with van der Waals surface area (Å²) in [5, 5.41) is 1.36. The molecule has 0 radical (unpaired) electrons. The van der Waals surface area contributed by atoms with Gasteiger partial charge in [0.25, 0.3) is 5.56 Å². The Labute approximate surface area is 178 Å². The molecule has 1 heterocycles. The van der Waals surface area contributed by atoms with Crippen LogP contribution < -0.4 is 5.56 Å². The van der Waals surface area contributed by atoms with Gasteiger partial charge in [0.05, 0.1) is 5.69 Å². The zero-order chi connectivity index (χ0) is 20.4. The van der Waals surface area contributed by atoms with Crippen LogP contribution >= 0.6 is 23.4 Å². The smallest absolute Gasteiger partial charge is 0.257 e. The number of aryl methyl sites for hydroxylation is 1. The molecule has 0 aliphatic heterocycles. The van der Waals surface area contributed by atoms with Crippen LogP contribution in [0.1, 0.15) is 45.6 Å². The number of hydrogen-bond donors (Lipinski definition) is 0. The van der Waals surface area contributed by atoms with Crippen molar-refractivity contribution in [3.05, 3.63) is 91.9 Å². The van der Waals surface area contributed by atoms with Gasteiger partial charge >= 0.3 is 0 Å². The summed E-state index contributed by atoms with van der Waals surface area (Å²) < 4.78 is 1.66. The molecule has 3 aromatic rings. The fraction of sp³-hybridized carbons (Fsp3) is 0.261. The highest BCUT2D eigenvalue weighted by Gasteiger charge is 2.18. The van der Waals surface area contributed by atoms with Gasteiger partial charge in [0, 0.05) is 34.5 Å². The maximum atomic E-state index is 12.6. The van der Waals surface area contributed by atoms with Crippen LogP contribution in [0.15, 0.2) is 58.5 Å². The van der Waals surface area contributed by atoms with Gasteiger partial charge in [-0.2, -0.15) is 0 Å². The Hall–Kier alpha value is -2.37. The average Bonchev–Trinajstić information content (AvgIpc) is 2.76. The minimum atomic E-state index is -0.0281. The van der Waals surface area contributed by atoms with E-state index in [0.29, 0.717) is 21.9 Å². The second kappa shape index (κ2) is 8.56. The van der Waals surface area contributed by atoms with E-state index in [4.69, 9.17) is 16.6 Å². The number of rotatable bonds is 5. The van der Waals surface area contributed by atoms with E-state index in [1.807, 2.05) is 24.3 Å². The minimum Gasteiger partial charge on any atom is -0.291 e. The largest absolute Gasteiger partial charge is 0.291 e. The summed E-state index contributed by atoms with van der Waals surface area (Å²) in [4.78, 5) is 29.9. The molecule has 148 valence electrons. The summed E-state index contributed by atoms with van der Waals surface area (Å²) in [7, 11) is 1.79. The molecular weight excluding hydrogens is 404 g/mol. The molecule has 4 nitrogen and oxygen atoms in total. The molecule has 0 atom stereocenters. The predicted octanol–water partition coefficient (Wildman–Crippen LogP) is 4.84. The lowest BCUT2D eigenvalue weighted by Gasteiger charge is -2.17. The molecule has 0 fully saturated rings. The van der Waals surface area contributed by atoms with Gasteiger partial charge < -0.3 is 0 Å². The van der Waals surface area contributed by atoms with Gasteiger partial charge in [0.2, 0.25) is 0 Å². The molecule has 0 saturated heterocycles. The highest BCUT2D eigenvalue weighted by Crippen LogP contribution is 2.24. The molecular formula is C23H21ClN2O2S. The van der Waals surface area contributed by atoms with Crippen LogP contribution in [-0.4, -0.2) is 15.3 Å². The van der Waals surface area contributed by atoms with Crippen LogP contribution in [-0.2, 0) is 25.6 Å². The molecule has 0 unspecified atom stereocenters. The van der Waals surface area contributed by atoms with Crippen LogP contribution in [0.25, 0.3) is 0 Å². The third-order valence-electron chi connectivity index (χ3n) is 5.21. The van der Waals surface area contributed by atoms with Crippen LogP contribution in [0.3, 0.4) is 0 Å². The summed E-state index contributed by atoms with van der Waals surface area (Å²) in [5.41, 5.74) is 4.26. The van der Waals surface area contributed by atoms with E-state index in [9.17, 15) is 9.59 Å². The summed E-state index contributed by atoms with van der Waals surface area (Å²) in [6.45, 7) is 0. The number of carbonyl (C=O) groups is 1. The predicted molar refractivity (Wildman–Crippen MR) is 117 cm³/mol. The third-order valence-corrected chi connectivity index (χ3v) is 6.56. The Balaban J connectivity index is 1.47. The number of ketones is 1. The van der Waals surface area contributed by atoms with Gasteiger partial charge in [-0.1, -0.05) is 47.6 Å². The lowest BCUT2D eigenvalue weighted by Crippen LogP contribution is -2.28. The molecule has 1 aliphatic rings. The van der Waals surface area contributed by atoms with Crippen molar-refractivity contribution in [1.29, 1.82) is 0 Å². The topological polar surface area (TPSA) is 52.0 Å². The van der Waals surface area contributed by atoms with Crippen LogP contribution in [0.5, 0.6) is 0 Å². The van der Waals surface area contributed by atoms with Gasteiger partial charge in [-0.05, 0) is 55.5 Å². The Bertz CT molecular complexity index is 1110. The van der Waals surface area contributed by atoms with E-state index in [1.165, 1.54) is 0 Å². The van der Waals surface area contributed by atoms with Crippen molar-refractivity contribution < 1.29 is 4.79 Å². The molecule has 0 N–H and O–H groups in total. The number of aromatic nitrogens is 2. The van der Waals surface area contributed by atoms with E-state index >= 15 is 0 Å². The van der Waals surface area contributed by atoms with E-state index in [0.717, 1.165) is 47.7 Å². The monoisotopic (exact) mass is 424 g/mol. The maximum absolute atomic E-state index is 12.6. The first kappa shape index (κ1) is 19.9. The van der Waals surface area contributed by atoms with Crippen LogP contribution in [0, 0.1) is 0 Å². The van der Waals surface area contributed by atoms with Crippen molar-refractivity contribution in [2.75, 3.05) is 0 Å². The van der Waals surface area contributed by atoms with E-state index < -0.39 is 0 Å². The van der Waals surface area contributed by atoms with Gasteiger partial charge in [-0.3, -0.25) is 14.2 Å². The molecule has 29 heavy (non-hydrogen) atoms. The van der Waals surface area contributed by atoms with E-state index in [-0.39, 0.29) is 11.3 Å². The second-order valence-corrected chi connectivity index (χ2v) is 8.59. The fourth-order valence-electron chi connectivity index (χ4n) is 3.52. The van der Waals surface area contributed by atoms with Gasteiger partial charge in [0.1, 0.15) is 0 Å². The number of thioether (sulfide) groups is 1. The summed E-state index contributed by atoms with van der Waals surface area (Å²) in [6, 6.07) is 14.5. The van der Waals surface area contributed by atoms with Gasteiger partial charge in [-0.25, -0.2) is 4.98 Å². The SMILES string of the molecule is Cn1c(SCc2ccc(C(=O)c3ccc(Cl)cc3)cc2)nc2c(c1=O)CCCC2. The van der Waals surface area contributed by atoms with Gasteiger partial charge in [0.15, 0.2) is 10.9 Å². The second-order valence-electron chi connectivity index (χ2n) is 7.21. The van der Waals surface area contributed by atoms with Crippen molar-refractivity contribution in [3.63, 3.8) is 0 Å². The molecule has 0 amide bonds. The zero-order valence-electron chi connectivity index (χ0n) is 16.2. The highest BCUT2D eigenvalue weighted by atomic mass is 35.5. The summed E-state index contributed by atoms with van der Waals surface area (Å²) >= 11 is 7.44. The van der Waals surface area contributed by atoms with E-state index in [2.05, 4.69) is 0 Å². The quantitative estimate of drug-likeness (QED) is 0.334. The number of fused-ring (bicyclic) bond motifs is 1. The highest BCUT2D eigenvalue weighted by molar-refractivity contribution is 7.98. The maximum Gasteiger partial charge on any atom is 0.257 e. The van der Waals surface area contributed by atoms with E-state index in [1.54, 1.807) is 47.6 Å². The lowest BCUT2D eigenvalue weighted by atomic mass is 9.97. The third kappa shape index (κ3) is 4.31. The Morgan fingerprint density at radius 1 is 1.03 bits per heavy atom. The number of carbonyl (C=O) groups excluding carboxylic acids is 1. The van der Waals surface area contributed by atoms with Crippen molar-refractivity contribution in [2.24, 2.45) is 7.05 Å². The fourth-order valence-corrected chi connectivity index (χ4v) is 4.59. The number of nitrogens with zero attached hydrogens (tertiary/aromatic N) is 2. The number of benzene rings is 2. The molecule has 0 saturated carbocycles. The standard InChI is InChI=1S/C23H21ClN2O2S/c1-26-22(28)19-4-2-3-5-20(19)25-23(26)29-14-15-6-8-16(9-7-15)21(27)17-10-12-18(24)13-11-17/h6-13H,2-5,14H2,1H3. The summed E-state index contributed by atoms with van der Waals surface area (Å²) in [6.07, 6.45) is 3.89. The first-order valence-corrected chi connectivity index (χ1v) is 11.0. The van der Waals surface area contributed by atoms with Crippen LogP contribution in [0.2, 0.25) is 5.02 Å². The van der Waals surface area contributed by atoms with Gasteiger partial charge in [-0.15, -0.1) is 0 Å². The van der Waals surface area contributed by atoms with Crippen LogP contribution in [0.4, 0.5) is 0 Å². The number of hydrogen-bond acceptors (Lipinski definition) is 4. The lowest BCUT2D eigenvalue weighted by molar-refractivity contribution is 0.103. The Morgan fingerprint density at radius 2 is 1.66 bits per heavy atom. The normalized spacial score (nSPS) is 13.2. The molecule has 6 heteroatoms. The Kier molecular flexibility index (Phi) is 5.88. The zero-order valence-corrected chi connectivity index (χ0v) is 17.7. The Morgan fingerprint density at radius 3 is 2.34 bits per heavy atom. The number of halogens is 1. The molecule has 4 rings (SSSR count). The first-order chi connectivity index (χ1) is 14.0. The molecule has 1 aliphatic carbocycles. The van der Waals surface area contributed by atoms with Crippen molar-refractivity contribution in [3.8, 4) is 0 Å².